The molecular weight excluding hydrogens is 434 g/mol. The van der Waals surface area contributed by atoms with Crippen LogP contribution in [0.15, 0.2) is 53.0 Å². The van der Waals surface area contributed by atoms with E-state index in [0.29, 0.717) is 23.7 Å². The molecule has 8 heteroatoms. The Hall–Kier alpha value is -2.38. The lowest BCUT2D eigenvalue weighted by molar-refractivity contribution is -0.133. The molecule has 1 unspecified atom stereocenters. The summed E-state index contributed by atoms with van der Waals surface area (Å²) in [5, 5.41) is 5.76. The van der Waals surface area contributed by atoms with Gasteiger partial charge < -0.3 is 15.5 Å². The van der Waals surface area contributed by atoms with Gasteiger partial charge in [-0.25, -0.2) is 0 Å². The minimum Gasteiger partial charge on any atom is -0.346 e. The third kappa shape index (κ3) is 4.87. The zero-order valence-corrected chi connectivity index (χ0v) is 16.6. The minimum atomic E-state index is -0.785. The molecule has 1 atom stereocenters. The molecule has 0 spiro atoms. The monoisotopic (exact) mass is 449 g/mol. The largest absolute Gasteiger partial charge is 0.346 e. The molecule has 0 aliphatic carbocycles. The van der Waals surface area contributed by atoms with Crippen molar-refractivity contribution in [3.8, 4) is 0 Å². The lowest BCUT2D eigenvalue weighted by atomic mass is 10.1. The molecule has 3 amide bonds. The Morgan fingerprint density at radius 2 is 1.93 bits per heavy atom. The predicted octanol–water partition coefficient (Wildman–Crippen LogP) is 3.21. The molecular formula is C19H17BrClN3O3. The Morgan fingerprint density at radius 1 is 1.19 bits per heavy atom. The molecule has 3 rings (SSSR count). The number of hydrogen-bond donors (Lipinski definition) is 2. The molecule has 0 bridgehead atoms. The van der Waals surface area contributed by atoms with Gasteiger partial charge >= 0.3 is 0 Å². The predicted molar refractivity (Wildman–Crippen MR) is 108 cm³/mol. The summed E-state index contributed by atoms with van der Waals surface area (Å²) in [6.07, 6.45) is 0.413. The SMILES string of the molecule is O=C(CNC(=O)C1CCN(c2cccc(Br)c2)C1=O)Nc1ccc(Cl)cc1. The van der Waals surface area contributed by atoms with Crippen molar-refractivity contribution in [3.05, 3.63) is 58.0 Å². The van der Waals surface area contributed by atoms with Gasteiger partial charge in [0.1, 0.15) is 5.92 Å². The first kappa shape index (κ1) is 19.4. The Kier molecular flexibility index (Phi) is 6.13. The molecule has 1 heterocycles. The molecule has 140 valence electrons. The van der Waals surface area contributed by atoms with Crippen LogP contribution in [0.1, 0.15) is 6.42 Å². The average molecular weight is 451 g/mol. The second-order valence-electron chi connectivity index (χ2n) is 6.08. The van der Waals surface area contributed by atoms with E-state index < -0.39 is 11.8 Å². The first-order valence-electron chi connectivity index (χ1n) is 8.34. The number of rotatable bonds is 5. The van der Waals surface area contributed by atoms with Crippen molar-refractivity contribution in [2.75, 3.05) is 23.3 Å². The summed E-state index contributed by atoms with van der Waals surface area (Å²) in [7, 11) is 0. The van der Waals surface area contributed by atoms with Crippen molar-refractivity contribution < 1.29 is 14.4 Å². The van der Waals surface area contributed by atoms with Crippen molar-refractivity contribution in [1.82, 2.24) is 5.32 Å². The van der Waals surface area contributed by atoms with Gasteiger partial charge in [0.05, 0.1) is 6.54 Å². The van der Waals surface area contributed by atoms with E-state index in [-0.39, 0.29) is 18.4 Å². The van der Waals surface area contributed by atoms with Gasteiger partial charge in [-0.1, -0.05) is 33.6 Å². The zero-order chi connectivity index (χ0) is 19.4. The smallest absolute Gasteiger partial charge is 0.243 e. The molecule has 0 radical (unpaired) electrons. The molecule has 1 saturated heterocycles. The van der Waals surface area contributed by atoms with Gasteiger partial charge in [0.25, 0.3) is 0 Å². The highest BCUT2D eigenvalue weighted by atomic mass is 79.9. The Morgan fingerprint density at radius 3 is 2.63 bits per heavy atom. The maximum Gasteiger partial charge on any atom is 0.243 e. The topological polar surface area (TPSA) is 78.5 Å². The van der Waals surface area contributed by atoms with Gasteiger partial charge in [-0.05, 0) is 48.9 Å². The van der Waals surface area contributed by atoms with Crippen LogP contribution in [0.3, 0.4) is 0 Å². The van der Waals surface area contributed by atoms with Crippen molar-refractivity contribution in [3.63, 3.8) is 0 Å². The number of nitrogens with one attached hydrogen (secondary N) is 2. The fraction of sp³-hybridized carbons (Fsp3) is 0.211. The summed E-state index contributed by atoms with van der Waals surface area (Å²) in [4.78, 5) is 38.4. The summed E-state index contributed by atoms with van der Waals surface area (Å²) in [6.45, 7) is 0.256. The summed E-state index contributed by atoms with van der Waals surface area (Å²) >= 11 is 9.17. The van der Waals surface area contributed by atoms with Crippen molar-refractivity contribution in [1.29, 1.82) is 0 Å². The second kappa shape index (κ2) is 8.54. The fourth-order valence-electron chi connectivity index (χ4n) is 2.85. The van der Waals surface area contributed by atoms with E-state index in [9.17, 15) is 14.4 Å². The van der Waals surface area contributed by atoms with Crippen LogP contribution in [0.2, 0.25) is 5.02 Å². The maximum absolute atomic E-state index is 12.6. The fourth-order valence-corrected chi connectivity index (χ4v) is 3.37. The van der Waals surface area contributed by atoms with Crippen molar-refractivity contribution >= 4 is 56.6 Å². The van der Waals surface area contributed by atoms with E-state index in [1.807, 2.05) is 24.3 Å². The highest BCUT2D eigenvalue weighted by Gasteiger charge is 2.37. The molecule has 0 aromatic heterocycles. The molecule has 2 aromatic carbocycles. The Labute approximate surface area is 170 Å². The number of halogens is 2. The second-order valence-corrected chi connectivity index (χ2v) is 7.44. The number of nitrogens with zero attached hydrogens (tertiary/aromatic N) is 1. The van der Waals surface area contributed by atoms with Crippen molar-refractivity contribution in [2.24, 2.45) is 5.92 Å². The zero-order valence-electron chi connectivity index (χ0n) is 14.2. The number of amides is 3. The summed E-state index contributed by atoms with van der Waals surface area (Å²) in [5.41, 5.74) is 1.32. The van der Waals surface area contributed by atoms with Gasteiger partial charge in [-0.3, -0.25) is 14.4 Å². The lowest BCUT2D eigenvalue weighted by Gasteiger charge is -2.17. The third-order valence-corrected chi connectivity index (χ3v) is 4.94. The Bertz CT molecular complexity index is 873. The summed E-state index contributed by atoms with van der Waals surface area (Å²) in [5.74, 6) is -1.86. The number of carbonyl (C=O) groups is 3. The van der Waals surface area contributed by atoms with Gasteiger partial charge in [0.15, 0.2) is 0 Å². The van der Waals surface area contributed by atoms with E-state index in [1.165, 1.54) is 0 Å². The van der Waals surface area contributed by atoms with Crippen molar-refractivity contribution in [2.45, 2.75) is 6.42 Å². The number of hydrogen-bond acceptors (Lipinski definition) is 3. The first-order chi connectivity index (χ1) is 12.9. The van der Waals surface area contributed by atoms with Crippen LogP contribution in [0.25, 0.3) is 0 Å². The number of carbonyl (C=O) groups excluding carboxylic acids is 3. The van der Waals surface area contributed by atoms with E-state index >= 15 is 0 Å². The van der Waals surface area contributed by atoms with E-state index in [1.54, 1.807) is 29.2 Å². The molecule has 1 aliphatic rings. The highest BCUT2D eigenvalue weighted by Crippen LogP contribution is 2.27. The number of benzene rings is 2. The van der Waals surface area contributed by atoms with Crippen LogP contribution in [-0.2, 0) is 14.4 Å². The van der Waals surface area contributed by atoms with E-state index in [2.05, 4.69) is 26.6 Å². The van der Waals surface area contributed by atoms with Crippen LogP contribution in [0, 0.1) is 5.92 Å². The van der Waals surface area contributed by atoms with Crippen LogP contribution >= 0.6 is 27.5 Å². The average Bonchev–Trinajstić information content (AvgIpc) is 3.03. The quantitative estimate of drug-likeness (QED) is 0.687. The van der Waals surface area contributed by atoms with Crippen LogP contribution in [-0.4, -0.2) is 30.8 Å². The lowest BCUT2D eigenvalue weighted by Crippen LogP contribution is -2.40. The molecule has 0 saturated carbocycles. The Balaban J connectivity index is 1.53. The third-order valence-electron chi connectivity index (χ3n) is 4.19. The van der Waals surface area contributed by atoms with Crippen LogP contribution in [0.5, 0.6) is 0 Å². The first-order valence-corrected chi connectivity index (χ1v) is 9.51. The van der Waals surface area contributed by atoms with E-state index in [0.717, 1.165) is 10.2 Å². The van der Waals surface area contributed by atoms with Gasteiger partial charge in [0, 0.05) is 27.4 Å². The maximum atomic E-state index is 12.6. The van der Waals surface area contributed by atoms with Crippen LogP contribution in [0.4, 0.5) is 11.4 Å². The normalized spacial score (nSPS) is 16.3. The molecule has 1 fully saturated rings. The van der Waals surface area contributed by atoms with Crippen LogP contribution < -0.4 is 15.5 Å². The molecule has 27 heavy (non-hydrogen) atoms. The standard InChI is InChI=1S/C19H17BrClN3O3/c20-12-2-1-3-15(10-12)24-9-8-16(19(24)27)18(26)22-11-17(25)23-14-6-4-13(21)5-7-14/h1-7,10,16H,8-9,11H2,(H,22,26)(H,23,25). The minimum absolute atomic E-state index is 0.206. The summed E-state index contributed by atoms with van der Waals surface area (Å²) < 4.78 is 0.861. The van der Waals surface area contributed by atoms with Gasteiger partial charge in [-0.2, -0.15) is 0 Å². The molecule has 2 N–H and O–H groups in total. The van der Waals surface area contributed by atoms with Gasteiger partial charge in [0.2, 0.25) is 17.7 Å². The highest BCUT2D eigenvalue weighted by molar-refractivity contribution is 9.10. The number of anilines is 2. The van der Waals surface area contributed by atoms with E-state index in [4.69, 9.17) is 11.6 Å². The molecule has 1 aliphatic heterocycles. The summed E-state index contributed by atoms with van der Waals surface area (Å²) in [6, 6.07) is 14.0. The van der Waals surface area contributed by atoms with Gasteiger partial charge in [-0.15, -0.1) is 0 Å². The molecule has 6 nitrogen and oxygen atoms in total. The molecule has 2 aromatic rings.